The van der Waals surface area contributed by atoms with Gasteiger partial charge in [-0.1, -0.05) is 28.8 Å². The third-order valence-electron chi connectivity index (χ3n) is 3.53. The van der Waals surface area contributed by atoms with Crippen molar-refractivity contribution in [3.8, 4) is 0 Å². The molecule has 0 heterocycles. The molecule has 1 aromatic rings. The molecule has 0 bridgehead atoms. The Morgan fingerprint density at radius 2 is 1.68 bits per heavy atom. The van der Waals surface area contributed by atoms with Crippen LogP contribution in [-0.4, -0.2) is 17.0 Å². The van der Waals surface area contributed by atoms with Gasteiger partial charge in [-0.2, -0.15) is 0 Å². The van der Waals surface area contributed by atoms with Crippen LogP contribution in [0.5, 0.6) is 0 Å². The zero-order valence-corrected chi connectivity index (χ0v) is 12.0. The number of carbonyl (C=O) groups excluding carboxylic acids is 1. The van der Waals surface area contributed by atoms with Crippen LogP contribution in [0.25, 0.3) is 0 Å². The molecule has 1 aliphatic carbocycles. The number of hydrogen-bond donors (Lipinski definition) is 2. The second-order valence-corrected chi connectivity index (χ2v) is 5.75. The molecule has 0 unspecified atom stereocenters. The molecule has 1 fully saturated rings. The molecule has 0 radical (unpaired) electrons. The van der Waals surface area contributed by atoms with E-state index in [-0.39, 0.29) is 5.91 Å². The van der Waals surface area contributed by atoms with Crippen molar-refractivity contribution in [2.24, 2.45) is 11.8 Å². The van der Waals surface area contributed by atoms with Gasteiger partial charge in [-0.25, -0.2) is 0 Å². The van der Waals surface area contributed by atoms with Crippen LogP contribution in [0.2, 0.25) is 0 Å². The summed E-state index contributed by atoms with van der Waals surface area (Å²) in [7, 11) is 0. The largest absolute Gasteiger partial charge is 0.481 e. The second kappa shape index (κ2) is 6.19. The fourth-order valence-electron chi connectivity index (χ4n) is 2.51. The second-order valence-electron chi connectivity index (χ2n) is 4.83. The number of rotatable bonds is 3. The Bertz CT molecular complexity index is 472. The molecule has 1 saturated carbocycles. The fraction of sp³-hybridized carbons (Fsp3) is 0.429. The van der Waals surface area contributed by atoms with E-state index in [9.17, 15) is 14.7 Å². The van der Waals surface area contributed by atoms with Crippen molar-refractivity contribution in [1.82, 2.24) is 0 Å². The summed E-state index contributed by atoms with van der Waals surface area (Å²) in [5, 5.41) is 12.0. The Balaban J connectivity index is 2.05. The lowest BCUT2D eigenvalue weighted by Crippen LogP contribution is -2.36. The highest BCUT2D eigenvalue weighted by molar-refractivity contribution is 9.10. The van der Waals surface area contributed by atoms with Crippen LogP contribution in [0.4, 0.5) is 5.69 Å². The molecule has 0 aromatic heterocycles. The highest BCUT2D eigenvalue weighted by atomic mass is 79.9. The molecule has 2 N–H and O–H groups in total. The van der Waals surface area contributed by atoms with Gasteiger partial charge in [0.05, 0.1) is 11.8 Å². The minimum Gasteiger partial charge on any atom is -0.481 e. The quantitative estimate of drug-likeness (QED) is 0.896. The number of anilines is 1. The summed E-state index contributed by atoms with van der Waals surface area (Å²) in [4.78, 5) is 23.4. The van der Waals surface area contributed by atoms with Crippen LogP contribution in [-0.2, 0) is 9.59 Å². The first kappa shape index (κ1) is 14.1. The Labute approximate surface area is 120 Å². The van der Waals surface area contributed by atoms with E-state index in [4.69, 9.17) is 0 Å². The van der Waals surface area contributed by atoms with Gasteiger partial charge in [0.2, 0.25) is 5.91 Å². The third-order valence-corrected chi connectivity index (χ3v) is 4.06. The summed E-state index contributed by atoms with van der Waals surface area (Å²) in [6.07, 6.45) is 3.05. The number of benzene rings is 1. The van der Waals surface area contributed by atoms with Crippen molar-refractivity contribution in [3.63, 3.8) is 0 Å². The van der Waals surface area contributed by atoms with E-state index in [0.29, 0.717) is 18.5 Å². The number of carboxylic acid groups (broad SMARTS) is 1. The van der Waals surface area contributed by atoms with Crippen molar-refractivity contribution in [1.29, 1.82) is 0 Å². The van der Waals surface area contributed by atoms with Crippen molar-refractivity contribution in [2.75, 3.05) is 5.32 Å². The lowest BCUT2D eigenvalue weighted by Gasteiger charge is -2.27. The molecule has 2 atom stereocenters. The number of halogens is 1. The van der Waals surface area contributed by atoms with Crippen LogP contribution in [0, 0.1) is 11.8 Å². The molecule has 4 nitrogen and oxygen atoms in total. The molecule has 1 amide bonds. The molecule has 1 aliphatic rings. The maximum Gasteiger partial charge on any atom is 0.307 e. The van der Waals surface area contributed by atoms with Gasteiger partial charge in [0.25, 0.3) is 0 Å². The molecule has 0 saturated heterocycles. The first-order valence-electron chi connectivity index (χ1n) is 6.37. The average molecular weight is 326 g/mol. The van der Waals surface area contributed by atoms with E-state index < -0.39 is 17.8 Å². The number of carboxylic acids is 1. The smallest absolute Gasteiger partial charge is 0.307 e. The number of aliphatic carboxylic acids is 1. The van der Waals surface area contributed by atoms with Gasteiger partial charge < -0.3 is 10.4 Å². The van der Waals surface area contributed by atoms with Crippen LogP contribution in [0.15, 0.2) is 28.7 Å². The monoisotopic (exact) mass is 325 g/mol. The van der Waals surface area contributed by atoms with Crippen LogP contribution < -0.4 is 5.32 Å². The number of carbonyl (C=O) groups is 2. The molecule has 0 spiro atoms. The van der Waals surface area contributed by atoms with Gasteiger partial charge in [-0.05, 0) is 37.1 Å². The molecule has 0 aliphatic heterocycles. The third kappa shape index (κ3) is 3.56. The molecule has 102 valence electrons. The zero-order valence-electron chi connectivity index (χ0n) is 10.4. The number of hydrogen-bond acceptors (Lipinski definition) is 2. The highest BCUT2D eigenvalue weighted by Gasteiger charge is 2.35. The predicted octanol–water partition coefficient (Wildman–Crippen LogP) is 3.28. The van der Waals surface area contributed by atoms with Crippen LogP contribution in [0.1, 0.15) is 25.7 Å². The summed E-state index contributed by atoms with van der Waals surface area (Å²) >= 11 is 3.33. The Kier molecular flexibility index (Phi) is 4.58. The lowest BCUT2D eigenvalue weighted by atomic mass is 9.78. The fourth-order valence-corrected chi connectivity index (χ4v) is 2.77. The van der Waals surface area contributed by atoms with Crippen molar-refractivity contribution >= 4 is 33.5 Å². The van der Waals surface area contributed by atoms with Crippen LogP contribution in [0.3, 0.4) is 0 Å². The maximum absolute atomic E-state index is 12.2. The Hall–Kier alpha value is -1.36. The minimum absolute atomic E-state index is 0.186. The van der Waals surface area contributed by atoms with E-state index in [1.807, 2.05) is 12.1 Å². The van der Waals surface area contributed by atoms with E-state index in [2.05, 4.69) is 21.2 Å². The minimum atomic E-state index is -0.865. The predicted molar refractivity (Wildman–Crippen MR) is 75.9 cm³/mol. The standard InChI is InChI=1S/C14H16BrNO3/c15-9-5-7-10(8-6-9)16-13(17)11-3-1-2-4-12(11)14(18)19/h5-8,11-12H,1-4H2,(H,16,17)(H,18,19)/t11-,12+/m1/s1. The summed E-state index contributed by atoms with van der Waals surface area (Å²) < 4.78 is 0.937. The van der Waals surface area contributed by atoms with Crippen molar-refractivity contribution < 1.29 is 14.7 Å². The number of nitrogens with one attached hydrogen (secondary N) is 1. The highest BCUT2D eigenvalue weighted by Crippen LogP contribution is 2.31. The molecular weight excluding hydrogens is 310 g/mol. The van der Waals surface area contributed by atoms with Gasteiger partial charge in [-0.3, -0.25) is 9.59 Å². The average Bonchev–Trinajstić information content (AvgIpc) is 2.41. The van der Waals surface area contributed by atoms with Gasteiger partial charge in [0, 0.05) is 10.2 Å². The molecule has 1 aromatic carbocycles. The first-order chi connectivity index (χ1) is 9.08. The molecule has 19 heavy (non-hydrogen) atoms. The maximum atomic E-state index is 12.2. The summed E-state index contributed by atoms with van der Waals surface area (Å²) in [6, 6.07) is 7.26. The van der Waals surface area contributed by atoms with Gasteiger partial charge in [0.1, 0.15) is 0 Å². The normalized spacial score (nSPS) is 22.8. The topological polar surface area (TPSA) is 66.4 Å². The lowest BCUT2D eigenvalue weighted by molar-refractivity contribution is -0.147. The van der Waals surface area contributed by atoms with Gasteiger partial charge in [0.15, 0.2) is 0 Å². The zero-order chi connectivity index (χ0) is 13.8. The number of amides is 1. The van der Waals surface area contributed by atoms with Crippen molar-refractivity contribution in [3.05, 3.63) is 28.7 Å². The van der Waals surface area contributed by atoms with E-state index in [1.165, 1.54) is 0 Å². The summed E-state index contributed by atoms with van der Waals surface area (Å²) in [6.45, 7) is 0. The summed E-state index contributed by atoms with van der Waals surface area (Å²) in [5.41, 5.74) is 0.697. The first-order valence-corrected chi connectivity index (χ1v) is 7.16. The van der Waals surface area contributed by atoms with E-state index in [0.717, 1.165) is 17.3 Å². The Morgan fingerprint density at radius 1 is 1.11 bits per heavy atom. The van der Waals surface area contributed by atoms with Crippen LogP contribution >= 0.6 is 15.9 Å². The Morgan fingerprint density at radius 3 is 2.26 bits per heavy atom. The van der Waals surface area contributed by atoms with Gasteiger partial charge >= 0.3 is 5.97 Å². The van der Waals surface area contributed by atoms with E-state index in [1.54, 1.807) is 12.1 Å². The molecular formula is C14H16BrNO3. The summed E-state index contributed by atoms with van der Waals surface area (Å²) in [5.74, 6) is -2.02. The SMILES string of the molecule is O=C(O)[C@H]1CCCC[C@H]1C(=O)Nc1ccc(Br)cc1. The van der Waals surface area contributed by atoms with Gasteiger partial charge in [-0.15, -0.1) is 0 Å². The molecule has 5 heteroatoms. The molecule has 2 rings (SSSR count). The van der Waals surface area contributed by atoms with E-state index >= 15 is 0 Å². The van der Waals surface area contributed by atoms with Crippen molar-refractivity contribution in [2.45, 2.75) is 25.7 Å².